The summed E-state index contributed by atoms with van der Waals surface area (Å²) in [6, 6.07) is 13.1. The Labute approximate surface area is 171 Å². The van der Waals surface area contributed by atoms with Gasteiger partial charge in [0.05, 0.1) is 17.9 Å². The highest BCUT2D eigenvalue weighted by Crippen LogP contribution is 2.37. The molecule has 29 heavy (non-hydrogen) atoms. The molecule has 2 heterocycles. The molecule has 150 valence electrons. The van der Waals surface area contributed by atoms with Gasteiger partial charge in [0.2, 0.25) is 0 Å². The lowest BCUT2D eigenvalue weighted by molar-refractivity contribution is -0.120. The molecule has 2 aromatic rings. The standard InChI is InChI=1S/C24H26N2O3/c1-4-29-20-9-7-8-19(15-20)26-23(27)21(18-11-10-16(2)17(3)14-18)22(24(26)28)25-12-5-6-13-25/h7-11,14-15H,4-6,12-13H2,1-3H3. The summed E-state index contributed by atoms with van der Waals surface area (Å²) in [6.45, 7) is 8.10. The normalized spacial score (nSPS) is 16.9. The van der Waals surface area contributed by atoms with Gasteiger partial charge >= 0.3 is 0 Å². The van der Waals surface area contributed by atoms with Gasteiger partial charge in [-0.1, -0.05) is 24.3 Å². The molecule has 0 spiro atoms. The third kappa shape index (κ3) is 3.41. The molecule has 0 radical (unpaired) electrons. The van der Waals surface area contributed by atoms with E-state index in [1.807, 2.05) is 51.1 Å². The number of ether oxygens (including phenoxy) is 1. The Kier molecular flexibility index (Phi) is 5.14. The van der Waals surface area contributed by atoms with Gasteiger partial charge in [-0.2, -0.15) is 0 Å². The lowest BCUT2D eigenvalue weighted by Gasteiger charge is -2.20. The third-order valence-electron chi connectivity index (χ3n) is 5.66. The van der Waals surface area contributed by atoms with Crippen LogP contribution in [0, 0.1) is 13.8 Å². The minimum absolute atomic E-state index is 0.251. The number of hydrogen-bond donors (Lipinski definition) is 0. The first-order chi connectivity index (χ1) is 14.0. The Morgan fingerprint density at radius 2 is 1.69 bits per heavy atom. The van der Waals surface area contributed by atoms with Crippen molar-refractivity contribution < 1.29 is 14.3 Å². The van der Waals surface area contributed by atoms with Crippen molar-refractivity contribution in [2.75, 3.05) is 24.6 Å². The van der Waals surface area contributed by atoms with E-state index in [9.17, 15) is 9.59 Å². The van der Waals surface area contributed by atoms with E-state index in [0.29, 0.717) is 29.3 Å². The van der Waals surface area contributed by atoms with Gasteiger partial charge in [-0.15, -0.1) is 0 Å². The van der Waals surface area contributed by atoms with Gasteiger partial charge < -0.3 is 9.64 Å². The molecule has 0 atom stereocenters. The number of imide groups is 1. The fourth-order valence-corrected chi connectivity index (χ4v) is 4.02. The van der Waals surface area contributed by atoms with Crippen LogP contribution in [0.4, 0.5) is 5.69 Å². The first-order valence-electron chi connectivity index (χ1n) is 10.2. The summed E-state index contributed by atoms with van der Waals surface area (Å²) in [5, 5.41) is 0. The molecule has 0 bridgehead atoms. The number of rotatable bonds is 5. The van der Waals surface area contributed by atoms with Gasteiger partial charge in [0, 0.05) is 19.2 Å². The lowest BCUT2D eigenvalue weighted by atomic mass is 9.99. The maximum Gasteiger partial charge on any atom is 0.282 e. The van der Waals surface area contributed by atoms with Crippen LogP contribution in [-0.4, -0.2) is 36.4 Å². The quantitative estimate of drug-likeness (QED) is 0.722. The molecule has 5 nitrogen and oxygen atoms in total. The van der Waals surface area contributed by atoms with Crippen molar-refractivity contribution in [2.24, 2.45) is 0 Å². The number of nitrogens with zero attached hydrogens (tertiary/aromatic N) is 2. The highest BCUT2D eigenvalue weighted by molar-refractivity contribution is 6.45. The average molecular weight is 390 g/mol. The fraction of sp³-hybridized carbons (Fsp3) is 0.333. The van der Waals surface area contributed by atoms with Crippen LogP contribution in [0.5, 0.6) is 5.75 Å². The van der Waals surface area contributed by atoms with Crippen LogP contribution >= 0.6 is 0 Å². The van der Waals surface area contributed by atoms with Crippen molar-refractivity contribution in [1.29, 1.82) is 0 Å². The zero-order valence-corrected chi connectivity index (χ0v) is 17.2. The molecule has 2 aliphatic heterocycles. The summed E-state index contributed by atoms with van der Waals surface area (Å²) in [4.78, 5) is 30.4. The molecule has 0 N–H and O–H groups in total. The topological polar surface area (TPSA) is 49.9 Å². The van der Waals surface area contributed by atoms with E-state index < -0.39 is 0 Å². The van der Waals surface area contributed by atoms with E-state index in [0.717, 1.165) is 42.6 Å². The second-order valence-electron chi connectivity index (χ2n) is 7.59. The van der Waals surface area contributed by atoms with Crippen LogP contribution in [0.1, 0.15) is 36.5 Å². The summed E-state index contributed by atoms with van der Waals surface area (Å²) < 4.78 is 5.57. The maximum absolute atomic E-state index is 13.5. The predicted molar refractivity (Wildman–Crippen MR) is 114 cm³/mol. The number of benzene rings is 2. The van der Waals surface area contributed by atoms with Gasteiger partial charge in [0.1, 0.15) is 11.4 Å². The van der Waals surface area contributed by atoms with E-state index in [4.69, 9.17) is 4.74 Å². The van der Waals surface area contributed by atoms with E-state index in [-0.39, 0.29) is 11.8 Å². The molecule has 2 aromatic carbocycles. The number of likely N-dealkylation sites (tertiary alicyclic amines) is 1. The van der Waals surface area contributed by atoms with Crippen LogP contribution in [-0.2, 0) is 9.59 Å². The Morgan fingerprint density at radius 3 is 2.38 bits per heavy atom. The first kappa shape index (κ1) is 19.2. The average Bonchev–Trinajstić information content (AvgIpc) is 3.31. The van der Waals surface area contributed by atoms with Crippen molar-refractivity contribution in [2.45, 2.75) is 33.6 Å². The van der Waals surface area contributed by atoms with E-state index in [1.54, 1.807) is 12.1 Å². The number of hydrogen-bond acceptors (Lipinski definition) is 4. The molecule has 0 aliphatic carbocycles. The Morgan fingerprint density at radius 1 is 0.931 bits per heavy atom. The molecular weight excluding hydrogens is 364 g/mol. The summed E-state index contributed by atoms with van der Waals surface area (Å²) >= 11 is 0. The lowest BCUT2D eigenvalue weighted by Crippen LogP contribution is -2.34. The number of carbonyl (C=O) groups is 2. The van der Waals surface area contributed by atoms with E-state index in [2.05, 4.69) is 4.90 Å². The second-order valence-corrected chi connectivity index (χ2v) is 7.59. The predicted octanol–water partition coefficient (Wildman–Crippen LogP) is 4.08. The molecule has 2 amide bonds. The van der Waals surface area contributed by atoms with Gasteiger partial charge in [0.25, 0.3) is 11.8 Å². The van der Waals surface area contributed by atoms with Gasteiger partial charge in [0.15, 0.2) is 0 Å². The van der Waals surface area contributed by atoms with Crippen LogP contribution in [0.2, 0.25) is 0 Å². The highest BCUT2D eigenvalue weighted by Gasteiger charge is 2.43. The monoisotopic (exact) mass is 390 g/mol. The smallest absolute Gasteiger partial charge is 0.282 e. The first-order valence-corrected chi connectivity index (χ1v) is 10.2. The zero-order chi connectivity index (χ0) is 20.5. The second kappa shape index (κ2) is 7.74. The Hall–Kier alpha value is -3.08. The molecule has 0 unspecified atom stereocenters. The maximum atomic E-state index is 13.5. The largest absolute Gasteiger partial charge is 0.494 e. The van der Waals surface area contributed by atoms with Crippen molar-refractivity contribution >= 4 is 23.1 Å². The van der Waals surface area contributed by atoms with Gasteiger partial charge in [-0.25, -0.2) is 4.90 Å². The molecule has 1 fully saturated rings. The molecular formula is C24H26N2O3. The Balaban J connectivity index is 1.81. The van der Waals surface area contributed by atoms with Gasteiger partial charge in [-0.3, -0.25) is 9.59 Å². The van der Waals surface area contributed by atoms with Crippen LogP contribution in [0.3, 0.4) is 0 Å². The van der Waals surface area contributed by atoms with Crippen LogP contribution < -0.4 is 9.64 Å². The summed E-state index contributed by atoms with van der Waals surface area (Å²) in [6.07, 6.45) is 2.07. The SMILES string of the molecule is CCOc1cccc(N2C(=O)C(c3ccc(C)c(C)c3)=C(N3CCCC3)C2=O)c1. The molecule has 0 saturated carbocycles. The van der Waals surface area contributed by atoms with Gasteiger partial charge in [-0.05, 0) is 62.4 Å². The van der Waals surface area contributed by atoms with Crippen LogP contribution in [0.25, 0.3) is 5.57 Å². The van der Waals surface area contributed by atoms with Crippen molar-refractivity contribution in [3.63, 3.8) is 0 Å². The van der Waals surface area contributed by atoms with Crippen molar-refractivity contribution in [3.05, 3.63) is 64.9 Å². The third-order valence-corrected chi connectivity index (χ3v) is 5.66. The molecule has 1 saturated heterocycles. The molecule has 5 heteroatoms. The minimum atomic E-state index is -0.270. The molecule has 2 aliphatic rings. The van der Waals surface area contributed by atoms with Crippen LogP contribution in [0.15, 0.2) is 48.2 Å². The zero-order valence-electron chi connectivity index (χ0n) is 17.2. The number of aryl methyl sites for hydroxylation is 2. The van der Waals surface area contributed by atoms with Crippen molar-refractivity contribution in [1.82, 2.24) is 4.90 Å². The summed E-state index contributed by atoms with van der Waals surface area (Å²) in [5.41, 5.74) is 4.64. The Bertz CT molecular complexity index is 1000. The van der Waals surface area contributed by atoms with E-state index >= 15 is 0 Å². The molecule has 0 aromatic heterocycles. The molecule has 4 rings (SSSR count). The summed E-state index contributed by atoms with van der Waals surface area (Å²) in [7, 11) is 0. The number of amides is 2. The minimum Gasteiger partial charge on any atom is -0.494 e. The number of carbonyl (C=O) groups excluding carboxylic acids is 2. The van der Waals surface area contributed by atoms with E-state index in [1.165, 1.54) is 4.90 Å². The summed E-state index contributed by atoms with van der Waals surface area (Å²) in [5.74, 6) is 0.125. The fourth-order valence-electron chi connectivity index (χ4n) is 4.02. The highest BCUT2D eigenvalue weighted by atomic mass is 16.5. The van der Waals surface area contributed by atoms with Crippen molar-refractivity contribution in [3.8, 4) is 5.75 Å². The number of anilines is 1.